The van der Waals surface area contributed by atoms with E-state index in [1.54, 1.807) is 6.20 Å². The number of aryl methyl sites for hydroxylation is 1. The first-order valence-corrected chi connectivity index (χ1v) is 9.55. The number of hydrogen-bond acceptors (Lipinski definition) is 4. The standard InChI is InChI=1S/C20H32N2O3/c1-5-7-11-24-18-16(4)12-17(14-21-18)22-19(23)20(25-6-2)10-8-9-15(3)13-20/h12,14-15H,5-11,13H2,1-4H3,(H,22,23)/t15-,20-/m1/s1. The Bertz CT molecular complexity index is 572. The number of aromatic nitrogens is 1. The number of carbonyl (C=O) groups is 1. The van der Waals surface area contributed by atoms with Gasteiger partial charge in [0.25, 0.3) is 5.91 Å². The van der Waals surface area contributed by atoms with Crippen molar-refractivity contribution < 1.29 is 14.3 Å². The van der Waals surface area contributed by atoms with Crippen molar-refractivity contribution in [2.45, 2.75) is 71.8 Å². The number of carbonyl (C=O) groups excluding carboxylic acids is 1. The zero-order valence-corrected chi connectivity index (χ0v) is 16.1. The molecular weight excluding hydrogens is 316 g/mol. The molecule has 25 heavy (non-hydrogen) atoms. The van der Waals surface area contributed by atoms with Crippen LogP contribution >= 0.6 is 0 Å². The molecule has 1 fully saturated rings. The van der Waals surface area contributed by atoms with Crippen molar-refractivity contribution in [2.24, 2.45) is 5.92 Å². The van der Waals surface area contributed by atoms with E-state index in [1.165, 1.54) is 0 Å². The van der Waals surface area contributed by atoms with Gasteiger partial charge in [-0.05, 0) is 51.5 Å². The van der Waals surface area contributed by atoms with Gasteiger partial charge in [-0.2, -0.15) is 0 Å². The van der Waals surface area contributed by atoms with Gasteiger partial charge in [0.15, 0.2) is 0 Å². The largest absolute Gasteiger partial charge is 0.477 e. The van der Waals surface area contributed by atoms with Crippen molar-refractivity contribution in [1.82, 2.24) is 4.98 Å². The second kappa shape index (κ2) is 9.18. The van der Waals surface area contributed by atoms with Gasteiger partial charge in [0.05, 0.1) is 18.5 Å². The Labute approximate surface area is 151 Å². The molecule has 0 bridgehead atoms. The molecule has 1 N–H and O–H groups in total. The number of hydrogen-bond donors (Lipinski definition) is 1. The minimum Gasteiger partial charge on any atom is -0.477 e. The molecule has 1 saturated carbocycles. The molecule has 1 heterocycles. The molecule has 1 aromatic rings. The Morgan fingerprint density at radius 3 is 2.88 bits per heavy atom. The van der Waals surface area contributed by atoms with Gasteiger partial charge >= 0.3 is 0 Å². The number of ether oxygens (including phenoxy) is 2. The molecule has 1 aromatic heterocycles. The summed E-state index contributed by atoms with van der Waals surface area (Å²) in [7, 11) is 0. The summed E-state index contributed by atoms with van der Waals surface area (Å²) in [6.45, 7) is 9.42. The van der Waals surface area contributed by atoms with Crippen LogP contribution < -0.4 is 10.1 Å². The van der Waals surface area contributed by atoms with E-state index in [1.807, 2.05) is 19.9 Å². The third-order valence-corrected chi connectivity index (χ3v) is 4.81. The van der Waals surface area contributed by atoms with E-state index in [2.05, 4.69) is 24.1 Å². The summed E-state index contributed by atoms with van der Waals surface area (Å²) in [6.07, 6.45) is 7.50. The molecule has 1 aliphatic rings. The number of nitrogens with zero attached hydrogens (tertiary/aromatic N) is 1. The zero-order chi connectivity index (χ0) is 18.3. The highest BCUT2D eigenvalue weighted by atomic mass is 16.5. The van der Waals surface area contributed by atoms with Crippen LogP contribution in [-0.2, 0) is 9.53 Å². The van der Waals surface area contributed by atoms with E-state index in [0.717, 1.165) is 44.1 Å². The smallest absolute Gasteiger partial charge is 0.256 e. The Balaban J connectivity index is 2.06. The molecule has 0 aromatic carbocycles. The van der Waals surface area contributed by atoms with E-state index in [9.17, 15) is 4.79 Å². The topological polar surface area (TPSA) is 60.5 Å². The maximum atomic E-state index is 12.9. The van der Waals surface area contributed by atoms with E-state index < -0.39 is 5.60 Å². The summed E-state index contributed by atoms with van der Waals surface area (Å²) >= 11 is 0. The van der Waals surface area contributed by atoms with E-state index in [4.69, 9.17) is 9.47 Å². The molecule has 5 heteroatoms. The zero-order valence-electron chi connectivity index (χ0n) is 16.1. The molecule has 140 valence electrons. The molecule has 2 rings (SSSR count). The van der Waals surface area contributed by atoms with Crippen LogP contribution in [0, 0.1) is 12.8 Å². The molecule has 0 unspecified atom stereocenters. The van der Waals surface area contributed by atoms with Crippen LogP contribution in [0.3, 0.4) is 0 Å². The van der Waals surface area contributed by atoms with Crippen molar-refractivity contribution in [3.63, 3.8) is 0 Å². The molecule has 2 atom stereocenters. The number of anilines is 1. The first-order valence-electron chi connectivity index (χ1n) is 9.55. The fourth-order valence-electron chi connectivity index (χ4n) is 3.52. The van der Waals surface area contributed by atoms with Gasteiger partial charge in [-0.1, -0.05) is 26.7 Å². The second-order valence-corrected chi connectivity index (χ2v) is 7.13. The Morgan fingerprint density at radius 1 is 1.44 bits per heavy atom. The van der Waals surface area contributed by atoms with Gasteiger partial charge in [-0.3, -0.25) is 4.79 Å². The third-order valence-electron chi connectivity index (χ3n) is 4.81. The molecule has 5 nitrogen and oxygen atoms in total. The van der Waals surface area contributed by atoms with Gasteiger partial charge in [-0.15, -0.1) is 0 Å². The molecule has 0 aliphatic heterocycles. The highest BCUT2D eigenvalue weighted by Gasteiger charge is 2.42. The number of nitrogens with one attached hydrogen (secondary N) is 1. The van der Waals surface area contributed by atoms with E-state index in [-0.39, 0.29) is 5.91 Å². The lowest BCUT2D eigenvalue weighted by Gasteiger charge is -2.38. The first-order chi connectivity index (χ1) is 12.0. The quantitative estimate of drug-likeness (QED) is 0.703. The van der Waals surface area contributed by atoms with Gasteiger partial charge in [-0.25, -0.2) is 4.98 Å². The highest BCUT2D eigenvalue weighted by Crippen LogP contribution is 2.36. The van der Waals surface area contributed by atoms with Crippen LogP contribution in [0.2, 0.25) is 0 Å². The van der Waals surface area contributed by atoms with E-state index in [0.29, 0.717) is 30.7 Å². The fourth-order valence-corrected chi connectivity index (χ4v) is 3.52. The lowest BCUT2D eigenvalue weighted by molar-refractivity contribution is -0.147. The highest BCUT2D eigenvalue weighted by molar-refractivity contribution is 5.97. The van der Waals surface area contributed by atoms with Crippen LogP contribution in [0.4, 0.5) is 5.69 Å². The Kier molecular flexibility index (Phi) is 7.24. The number of pyridine rings is 1. The van der Waals surface area contributed by atoms with Crippen LogP contribution in [-0.4, -0.2) is 29.7 Å². The van der Waals surface area contributed by atoms with Gasteiger partial charge < -0.3 is 14.8 Å². The van der Waals surface area contributed by atoms with Crippen LogP contribution in [0.25, 0.3) is 0 Å². The maximum absolute atomic E-state index is 12.9. The van der Waals surface area contributed by atoms with Crippen molar-refractivity contribution in [3.8, 4) is 5.88 Å². The Morgan fingerprint density at radius 2 is 2.24 bits per heavy atom. The van der Waals surface area contributed by atoms with Crippen LogP contribution in [0.5, 0.6) is 5.88 Å². The van der Waals surface area contributed by atoms with Gasteiger partial charge in [0.2, 0.25) is 5.88 Å². The monoisotopic (exact) mass is 348 g/mol. The molecule has 1 amide bonds. The lowest BCUT2D eigenvalue weighted by Crippen LogP contribution is -2.48. The van der Waals surface area contributed by atoms with Gasteiger partial charge in [0, 0.05) is 12.2 Å². The number of rotatable bonds is 8. The normalized spacial score (nSPS) is 23.3. The van der Waals surface area contributed by atoms with Crippen LogP contribution in [0.1, 0.15) is 64.9 Å². The van der Waals surface area contributed by atoms with Crippen molar-refractivity contribution in [1.29, 1.82) is 0 Å². The number of amides is 1. The van der Waals surface area contributed by atoms with Crippen molar-refractivity contribution >= 4 is 11.6 Å². The average Bonchev–Trinajstić information content (AvgIpc) is 2.57. The average molecular weight is 348 g/mol. The molecule has 0 radical (unpaired) electrons. The third kappa shape index (κ3) is 5.18. The summed E-state index contributed by atoms with van der Waals surface area (Å²) in [5, 5.41) is 3.01. The van der Waals surface area contributed by atoms with Crippen molar-refractivity contribution in [3.05, 3.63) is 17.8 Å². The first kappa shape index (κ1) is 19.7. The summed E-state index contributed by atoms with van der Waals surface area (Å²) in [5.74, 6) is 1.08. The summed E-state index contributed by atoms with van der Waals surface area (Å²) in [4.78, 5) is 17.3. The lowest BCUT2D eigenvalue weighted by atomic mass is 9.78. The molecule has 0 saturated heterocycles. The summed E-state index contributed by atoms with van der Waals surface area (Å²) < 4.78 is 11.6. The van der Waals surface area contributed by atoms with E-state index >= 15 is 0 Å². The number of unbranched alkanes of at least 4 members (excludes halogenated alkanes) is 1. The predicted octanol–water partition coefficient (Wildman–Crippen LogP) is 4.49. The predicted molar refractivity (Wildman–Crippen MR) is 100.0 cm³/mol. The van der Waals surface area contributed by atoms with Gasteiger partial charge in [0.1, 0.15) is 5.60 Å². The summed E-state index contributed by atoms with van der Waals surface area (Å²) in [6, 6.07) is 1.91. The van der Waals surface area contributed by atoms with Crippen molar-refractivity contribution in [2.75, 3.05) is 18.5 Å². The Hall–Kier alpha value is -1.62. The maximum Gasteiger partial charge on any atom is 0.256 e. The summed E-state index contributed by atoms with van der Waals surface area (Å²) in [5.41, 5.74) is 0.912. The second-order valence-electron chi connectivity index (χ2n) is 7.13. The molecular formula is C20H32N2O3. The SMILES string of the molecule is CCCCOc1ncc(NC(=O)[C@@]2(OCC)CCC[C@@H](C)C2)cc1C. The molecule has 1 aliphatic carbocycles. The fraction of sp³-hybridized carbons (Fsp3) is 0.700. The van der Waals surface area contributed by atoms with Crippen LogP contribution in [0.15, 0.2) is 12.3 Å². The minimum atomic E-state index is -0.712. The minimum absolute atomic E-state index is 0.0539. The molecule has 0 spiro atoms.